The molecule has 0 saturated carbocycles. The zero-order chi connectivity index (χ0) is 8.27. The molecule has 1 rings (SSSR count). The van der Waals surface area contributed by atoms with E-state index in [2.05, 4.69) is 14.7 Å². The third kappa shape index (κ3) is 1.78. The number of ether oxygens (including phenoxy) is 1. The van der Waals surface area contributed by atoms with Crippen LogP contribution in [0.4, 0.5) is 4.79 Å². The molecule has 0 atom stereocenters. The molecule has 1 heterocycles. The first kappa shape index (κ1) is 7.26. The van der Waals surface area contributed by atoms with Crippen LogP contribution in [0.2, 0.25) is 0 Å². The molecule has 1 aromatic rings. The molecule has 0 spiro atoms. The summed E-state index contributed by atoms with van der Waals surface area (Å²) in [6.07, 6.45) is 1.06. The molecule has 6 nitrogen and oxygen atoms in total. The van der Waals surface area contributed by atoms with E-state index in [-0.39, 0.29) is 5.82 Å². The van der Waals surface area contributed by atoms with Gasteiger partial charge in [-0.2, -0.15) is 0 Å². The molecule has 0 saturated heterocycles. The molecule has 0 aliphatic rings. The van der Waals surface area contributed by atoms with Crippen molar-refractivity contribution < 1.29 is 19.4 Å². The highest BCUT2D eigenvalue weighted by molar-refractivity contribution is 5.91. The van der Waals surface area contributed by atoms with Gasteiger partial charge in [0.2, 0.25) is 5.82 Å². The number of carboxylic acid groups (broad SMARTS) is 1. The molecule has 0 aliphatic heterocycles. The highest BCUT2D eigenvalue weighted by Crippen LogP contribution is 1.92. The highest BCUT2D eigenvalue weighted by Gasteiger charge is 2.12. The molecule has 0 bridgehead atoms. The van der Waals surface area contributed by atoms with Crippen molar-refractivity contribution >= 4 is 12.1 Å². The van der Waals surface area contributed by atoms with Crippen molar-refractivity contribution in [2.45, 2.75) is 0 Å². The Morgan fingerprint density at radius 3 is 2.82 bits per heavy atom. The maximum atomic E-state index is 10.6. The summed E-state index contributed by atoms with van der Waals surface area (Å²) in [4.78, 5) is 26.3. The Bertz CT molecular complexity index is 266. The lowest BCUT2D eigenvalue weighted by atomic mass is 10.6. The zero-order valence-electron chi connectivity index (χ0n) is 5.27. The number of aromatic amines is 1. The molecule has 0 unspecified atom stereocenters. The second-order valence-electron chi connectivity index (χ2n) is 1.59. The van der Waals surface area contributed by atoms with E-state index in [0.717, 1.165) is 0 Å². The van der Waals surface area contributed by atoms with Crippen LogP contribution in [-0.2, 0) is 4.74 Å². The van der Waals surface area contributed by atoms with Gasteiger partial charge in [-0.1, -0.05) is 0 Å². The van der Waals surface area contributed by atoms with Gasteiger partial charge >= 0.3 is 12.1 Å². The van der Waals surface area contributed by atoms with Gasteiger partial charge in [-0.05, 0) is 0 Å². The van der Waals surface area contributed by atoms with E-state index in [9.17, 15) is 9.59 Å². The van der Waals surface area contributed by atoms with Crippen LogP contribution in [0.5, 0.6) is 0 Å². The summed E-state index contributed by atoms with van der Waals surface area (Å²) in [5, 5.41) is 8.00. The second-order valence-corrected chi connectivity index (χ2v) is 1.59. The number of carbonyl (C=O) groups excluding carboxylic acids is 1. The molecule has 1 aromatic heterocycles. The van der Waals surface area contributed by atoms with Crippen molar-refractivity contribution in [3.63, 3.8) is 0 Å². The predicted octanol–water partition coefficient (Wildman–Crippen LogP) is 0.244. The van der Waals surface area contributed by atoms with Gasteiger partial charge in [0.05, 0.1) is 0 Å². The van der Waals surface area contributed by atoms with Crippen molar-refractivity contribution in [2.75, 3.05) is 0 Å². The van der Waals surface area contributed by atoms with Gasteiger partial charge in [-0.15, -0.1) is 0 Å². The lowest BCUT2D eigenvalue weighted by Crippen LogP contribution is -2.11. The SMILES string of the molecule is O=C(O)OC(=O)c1ncc[nH]1. The van der Waals surface area contributed by atoms with Crippen LogP contribution in [0.1, 0.15) is 10.6 Å². The molecule has 0 fully saturated rings. The Morgan fingerprint density at radius 1 is 1.64 bits per heavy atom. The zero-order valence-corrected chi connectivity index (χ0v) is 5.27. The average Bonchev–Trinajstić information content (AvgIpc) is 2.35. The standard InChI is InChI=1S/C5H4N2O4/c8-4(11-5(9)10)3-6-1-2-7-3/h1-2H,(H,6,7)(H,9,10). The normalized spacial score (nSPS) is 9.09. The number of nitrogens with one attached hydrogen (secondary N) is 1. The molecule has 0 aliphatic carbocycles. The van der Waals surface area contributed by atoms with Crippen molar-refractivity contribution in [1.29, 1.82) is 0 Å². The van der Waals surface area contributed by atoms with Gasteiger partial charge in [0.15, 0.2) is 0 Å². The van der Waals surface area contributed by atoms with Crippen LogP contribution in [0.15, 0.2) is 12.4 Å². The number of imidazole rings is 1. The highest BCUT2D eigenvalue weighted by atomic mass is 16.7. The van der Waals surface area contributed by atoms with E-state index in [1.54, 1.807) is 0 Å². The molecule has 0 radical (unpaired) electrons. The van der Waals surface area contributed by atoms with Gasteiger partial charge in [-0.25, -0.2) is 14.6 Å². The van der Waals surface area contributed by atoms with Gasteiger partial charge in [0, 0.05) is 12.4 Å². The maximum absolute atomic E-state index is 10.6. The maximum Gasteiger partial charge on any atom is 0.513 e. The molecular formula is C5H4N2O4. The van der Waals surface area contributed by atoms with Crippen LogP contribution < -0.4 is 0 Å². The van der Waals surface area contributed by atoms with Gasteiger partial charge in [-0.3, -0.25) is 0 Å². The van der Waals surface area contributed by atoms with E-state index in [1.165, 1.54) is 12.4 Å². The molecule has 6 heteroatoms. The monoisotopic (exact) mass is 156 g/mol. The van der Waals surface area contributed by atoms with E-state index < -0.39 is 12.1 Å². The summed E-state index contributed by atoms with van der Waals surface area (Å²) >= 11 is 0. The minimum absolute atomic E-state index is 0.132. The Labute approximate surface area is 60.8 Å². The molecule has 11 heavy (non-hydrogen) atoms. The fourth-order valence-corrected chi connectivity index (χ4v) is 0.505. The largest absolute Gasteiger partial charge is 0.513 e. The summed E-state index contributed by atoms with van der Waals surface area (Å²) in [5.74, 6) is -1.14. The van der Waals surface area contributed by atoms with Crippen molar-refractivity contribution in [3.05, 3.63) is 18.2 Å². The number of aromatic nitrogens is 2. The quantitative estimate of drug-likeness (QED) is 0.449. The molecule has 58 valence electrons. The van der Waals surface area contributed by atoms with E-state index in [1.807, 2.05) is 0 Å². The van der Waals surface area contributed by atoms with Crippen LogP contribution in [0, 0.1) is 0 Å². The Morgan fingerprint density at radius 2 is 2.36 bits per heavy atom. The van der Waals surface area contributed by atoms with Crippen LogP contribution >= 0.6 is 0 Å². The Hall–Kier alpha value is -1.85. The average molecular weight is 156 g/mol. The van der Waals surface area contributed by atoms with Crippen LogP contribution in [-0.4, -0.2) is 27.2 Å². The third-order valence-corrected chi connectivity index (χ3v) is 0.872. The van der Waals surface area contributed by atoms with Gasteiger partial charge < -0.3 is 14.8 Å². The lowest BCUT2D eigenvalue weighted by molar-refractivity contribution is 0.0498. The number of carbonyl (C=O) groups is 2. The number of hydrogen-bond acceptors (Lipinski definition) is 4. The van der Waals surface area contributed by atoms with Crippen molar-refractivity contribution in [3.8, 4) is 0 Å². The summed E-state index contributed by atoms with van der Waals surface area (Å²) in [6.45, 7) is 0. The van der Waals surface area contributed by atoms with Crippen molar-refractivity contribution in [2.24, 2.45) is 0 Å². The number of nitrogens with zero attached hydrogens (tertiary/aromatic N) is 1. The smallest absolute Gasteiger partial charge is 0.449 e. The topological polar surface area (TPSA) is 92.3 Å². The number of hydrogen-bond donors (Lipinski definition) is 2. The minimum atomic E-state index is -1.65. The number of rotatable bonds is 1. The van der Waals surface area contributed by atoms with Crippen LogP contribution in [0.3, 0.4) is 0 Å². The molecular weight excluding hydrogens is 152 g/mol. The number of esters is 1. The first-order chi connectivity index (χ1) is 5.20. The van der Waals surface area contributed by atoms with E-state index in [0.29, 0.717) is 0 Å². The summed E-state index contributed by atoms with van der Waals surface area (Å²) in [7, 11) is 0. The first-order valence-corrected chi connectivity index (χ1v) is 2.64. The predicted molar refractivity (Wildman–Crippen MR) is 32.0 cm³/mol. The van der Waals surface area contributed by atoms with Crippen LogP contribution in [0.25, 0.3) is 0 Å². The summed E-state index contributed by atoms with van der Waals surface area (Å²) in [6, 6.07) is 0. The minimum Gasteiger partial charge on any atom is -0.449 e. The lowest BCUT2D eigenvalue weighted by Gasteiger charge is -1.91. The van der Waals surface area contributed by atoms with E-state index >= 15 is 0 Å². The van der Waals surface area contributed by atoms with Gasteiger partial charge in [0.1, 0.15) is 0 Å². The van der Waals surface area contributed by atoms with Gasteiger partial charge in [0.25, 0.3) is 0 Å². The molecule has 0 aromatic carbocycles. The summed E-state index contributed by atoms with van der Waals surface area (Å²) < 4.78 is 3.78. The third-order valence-electron chi connectivity index (χ3n) is 0.872. The van der Waals surface area contributed by atoms with E-state index in [4.69, 9.17) is 5.11 Å². The number of H-pyrrole nitrogens is 1. The first-order valence-electron chi connectivity index (χ1n) is 2.64. The Kier molecular flexibility index (Phi) is 1.86. The summed E-state index contributed by atoms with van der Waals surface area (Å²) in [5.41, 5.74) is 0. The molecule has 2 N–H and O–H groups in total. The Balaban J connectivity index is 2.64. The fourth-order valence-electron chi connectivity index (χ4n) is 0.505. The second kappa shape index (κ2) is 2.82. The van der Waals surface area contributed by atoms with Crippen molar-refractivity contribution in [1.82, 2.24) is 9.97 Å². The molecule has 0 amide bonds. The fraction of sp³-hybridized carbons (Fsp3) is 0.